The van der Waals surface area contributed by atoms with Crippen LogP contribution >= 0.6 is 11.6 Å². The van der Waals surface area contributed by atoms with Crippen molar-refractivity contribution in [1.82, 2.24) is 14.5 Å². The smallest absolute Gasteiger partial charge is 0.373 e. The number of aliphatic hydroxyl groups is 1. The van der Waals surface area contributed by atoms with E-state index in [1.54, 1.807) is 16.8 Å². The zero-order valence-corrected chi connectivity index (χ0v) is 15.6. The monoisotopic (exact) mass is 419 g/mol. The number of carbonyl (C=O) groups excluding carboxylic acids is 1. The number of halogens is 5. The van der Waals surface area contributed by atoms with E-state index in [2.05, 4.69) is 4.98 Å². The molecule has 2 heterocycles. The molecule has 2 aromatic rings. The van der Waals surface area contributed by atoms with Gasteiger partial charge in [-0.2, -0.15) is 13.2 Å². The van der Waals surface area contributed by atoms with Gasteiger partial charge in [-0.1, -0.05) is 11.6 Å². The minimum Gasteiger partial charge on any atom is -0.373 e. The lowest BCUT2D eigenvalue weighted by atomic mass is 9.92. The van der Waals surface area contributed by atoms with Gasteiger partial charge in [-0.05, 0) is 38.0 Å². The molecule has 0 aliphatic carbocycles. The van der Waals surface area contributed by atoms with Crippen molar-refractivity contribution < 1.29 is 27.5 Å². The van der Waals surface area contributed by atoms with Crippen molar-refractivity contribution in [3.63, 3.8) is 0 Å². The molecule has 1 aromatic carbocycles. The molecule has 10 heteroatoms. The first-order valence-electron chi connectivity index (χ1n) is 8.58. The van der Waals surface area contributed by atoms with E-state index in [9.17, 15) is 27.5 Å². The molecule has 5 nitrogen and oxygen atoms in total. The number of rotatable bonds is 3. The van der Waals surface area contributed by atoms with Crippen molar-refractivity contribution in [2.75, 3.05) is 13.1 Å². The van der Waals surface area contributed by atoms with E-state index in [1.165, 1.54) is 18.5 Å². The number of alkyl halides is 3. The molecule has 1 saturated heterocycles. The molecule has 1 amide bonds. The number of amides is 1. The van der Waals surface area contributed by atoms with Gasteiger partial charge >= 0.3 is 6.18 Å². The fourth-order valence-electron chi connectivity index (χ4n) is 3.29. The van der Waals surface area contributed by atoms with Crippen molar-refractivity contribution >= 4 is 17.5 Å². The number of hydrogen-bond donors (Lipinski definition) is 1. The summed E-state index contributed by atoms with van der Waals surface area (Å²) in [5.41, 5.74) is -2.47. The molecule has 0 saturated carbocycles. The van der Waals surface area contributed by atoms with E-state index >= 15 is 0 Å². The van der Waals surface area contributed by atoms with E-state index in [-0.39, 0.29) is 29.7 Å². The van der Waals surface area contributed by atoms with Crippen LogP contribution in [0.25, 0.3) is 5.69 Å². The van der Waals surface area contributed by atoms with Crippen LogP contribution in [-0.4, -0.2) is 50.3 Å². The highest BCUT2D eigenvalue weighted by Crippen LogP contribution is 2.35. The molecule has 1 aliphatic rings. The Labute approximate surface area is 163 Å². The molecule has 1 N–H and O–H groups in total. The Balaban J connectivity index is 1.75. The SMILES string of the molecule is CC(O)(C(=O)N1CCC(c2cncn2-c2ccc(Cl)cc2F)CC1)C(F)(F)F. The predicted octanol–water partition coefficient (Wildman–Crippen LogP) is 3.68. The third kappa shape index (κ3) is 3.73. The van der Waals surface area contributed by atoms with Crippen molar-refractivity contribution in [2.45, 2.75) is 37.5 Å². The molecule has 1 aromatic heterocycles. The third-order valence-corrected chi connectivity index (χ3v) is 5.24. The number of imidazole rings is 1. The number of carbonyl (C=O) groups is 1. The third-order valence-electron chi connectivity index (χ3n) is 5.01. The van der Waals surface area contributed by atoms with Gasteiger partial charge in [0.1, 0.15) is 5.82 Å². The Kier molecular flexibility index (Phi) is 5.42. The van der Waals surface area contributed by atoms with Crippen molar-refractivity contribution in [1.29, 1.82) is 0 Å². The highest BCUT2D eigenvalue weighted by molar-refractivity contribution is 6.30. The van der Waals surface area contributed by atoms with Crippen LogP contribution in [0.4, 0.5) is 17.6 Å². The van der Waals surface area contributed by atoms with E-state index < -0.39 is 23.5 Å². The molecule has 152 valence electrons. The topological polar surface area (TPSA) is 58.4 Å². The summed E-state index contributed by atoms with van der Waals surface area (Å²) in [4.78, 5) is 17.2. The molecule has 1 fully saturated rings. The highest BCUT2D eigenvalue weighted by Gasteiger charge is 2.57. The summed E-state index contributed by atoms with van der Waals surface area (Å²) in [5.74, 6) is -2.02. The van der Waals surface area contributed by atoms with E-state index in [0.29, 0.717) is 25.5 Å². The van der Waals surface area contributed by atoms with Gasteiger partial charge in [0, 0.05) is 35.9 Å². The van der Waals surface area contributed by atoms with Crippen LogP contribution in [0.5, 0.6) is 0 Å². The second-order valence-electron chi connectivity index (χ2n) is 6.92. The van der Waals surface area contributed by atoms with Crippen LogP contribution in [0.3, 0.4) is 0 Å². The van der Waals surface area contributed by atoms with Crippen LogP contribution in [-0.2, 0) is 4.79 Å². The summed E-state index contributed by atoms with van der Waals surface area (Å²) in [6, 6.07) is 4.24. The number of benzene rings is 1. The van der Waals surface area contributed by atoms with Crippen molar-refractivity contribution in [2.24, 2.45) is 0 Å². The zero-order valence-electron chi connectivity index (χ0n) is 14.9. The Morgan fingerprint density at radius 3 is 2.50 bits per heavy atom. The van der Waals surface area contributed by atoms with Crippen LogP contribution in [0.1, 0.15) is 31.4 Å². The van der Waals surface area contributed by atoms with Gasteiger partial charge in [0.05, 0.1) is 12.0 Å². The molecule has 0 radical (unpaired) electrons. The molecule has 28 heavy (non-hydrogen) atoms. The fourth-order valence-corrected chi connectivity index (χ4v) is 3.45. The van der Waals surface area contributed by atoms with Crippen molar-refractivity contribution in [3.05, 3.63) is 47.3 Å². The maximum atomic E-state index is 14.3. The Hall–Kier alpha value is -2.13. The highest BCUT2D eigenvalue weighted by atomic mass is 35.5. The van der Waals surface area contributed by atoms with E-state index in [4.69, 9.17) is 11.6 Å². The average molecular weight is 420 g/mol. The van der Waals surface area contributed by atoms with E-state index in [0.717, 1.165) is 4.90 Å². The van der Waals surface area contributed by atoms with Crippen molar-refractivity contribution in [3.8, 4) is 5.69 Å². The van der Waals surface area contributed by atoms with Crippen LogP contribution < -0.4 is 0 Å². The molecule has 3 rings (SSSR count). The first-order valence-corrected chi connectivity index (χ1v) is 8.96. The molecule has 0 spiro atoms. The quantitative estimate of drug-likeness (QED) is 0.772. The normalized spacial score (nSPS) is 18.2. The van der Waals surface area contributed by atoms with Crippen LogP contribution in [0.15, 0.2) is 30.7 Å². The zero-order chi connectivity index (χ0) is 20.7. The van der Waals surface area contributed by atoms with Gasteiger partial charge in [0.15, 0.2) is 0 Å². The largest absolute Gasteiger partial charge is 0.426 e. The maximum Gasteiger partial charge on any atom is 0.426 e. The van der Waals surface area contributed by atoms with Gasteiger partial charge in [0.25, 0.3) is 5.91 Å². The first kappa shape index (κ1) is 20.6. The fraction of sp³-hybridized carbons (Fsp3) is 0.444. The number of hydrogen-bond acceptors (Lipinski definition) is 3. The van der Waals surface area contributed by atoms with Crippen LogP contribution in [0, 0.1) is 5.82 Å². The first-order chi connectivity index (χ1) is 13.0. The molecule has 1 aliphatic heterocycles. The van der Waals surface area contributed by atoms with Gasteiger partial charge < -0.3 is 14.6 Å². The summed E-state index contributed by atoms with van der Waals surface area (Å²) in [7, 11) is 0. The molecule has 1 unspecified atom stereocenters. The minimum atomic E-state index is -5.05. The number of nitrogens with zero attached hydrogens (tertiary/aromatic N) is 3. The molecular weight excluding hydrogens is 402 g/mol. The Bertz CT molecular complexity index is 874. The van der Waals surface area contributed by atoms with E-state index in [1.807, 2.05) is 0 Å². The van der Waals surface area contributed by atoms with Gasteiger partial charge in [-0.25, -0.2) is 9.37 Å². The summed E-state index contributed by atoms with van der Waals surface area (Å²) in [5, 5.41) is 9.84. The number of aromatic nitrogens is 2. The second-order valence-corrected chi connectivity index (χ2v) is 7.36. The lowest BCUT2D eigenvalue weighted by Gasteiger charge is -2.36. The standard InChI is InChI=1S/C18H18ClF4N3O2/c1-17(28,18(21,22)23)16(27)25-6-4-11(5-7-25)15-9-24-10-26(15)14-3-2-12(19)8-13(14)20/h2-3,8-11,28H,4-7H2,1H3. The van der Waals surface area contributed by atoms with Gasteiger partial charge in [0.2, 0.25) is 5.60 Å². The number of likely N-dealkylation sites (tertiary alicyclic amines) is 1. The minimum absolute atomic E-state index is 0.0456. The van der Waals surface area contributed by atoms with Crippen LogP contribution in [0.2, 0.25) is 5.02 Å². The second kappa shape index (κ2) is 7.36. The molecule has 0 bridgehead atoms. The number of piperidine rings is 1. The molecule has 1 atom stereocenters. The van der Waals surface area contributed by atoms with Gasteiger partial charge in [-0.15, -0.1) is 0 Å². The molecular formula is C18H18ClF4N3O2. The average Bonchev–Trinajstić information content (AvgIpc) is 3.09. The summed E-state index contributed by atoms with van der Waals surface area (Å²) >= 11 is 5.78. The lowest BCUT2D eigenvalue weighted by Crippen LogP contribution is -2.57. The Morgan fingerprint density at radius 1 is 1.29 bits per heavy atom. The lowest BCUT2D eigenvalue weighted by molar-refractivity contribution is -0.250. The summed E-state index contributed by atoms with van der Waals surface area (Å²) in [6.45, 7) is 0.549. The van der Waals surface area contributed by atoms with Gasteiger partial charge in [-0.3, -0.25) is 4.79 Å². The maximum absolute atomic E-state index is 14.3. The predicted molar refractivity (Wildman–Crippen MR) is 93.8 cm³/mol. The summed E-state index contributed by atoms with van der Waals surface area (Å²) in [6.07, 6.45) is -1.30. The summed E-state index contributed by atoms with van der Waals surface area (Å²) < 4.78 is 54.5. The Morgan fingerprint density at radius 2 is 1.93 bits per heavy atom.